The lowest BCUT2D eigenvalue weighted by Crippen LogP contribution is -1.90. The molecular weight excluding hydrogens is 328 g/mol. The Bertz CT molecular complexity index is 211. The van der Waals surface area contributed by atoms with Crippen LogP contribution in [0.2, 0.25) is 0 Å². The minimum atomic E-state index is 0.620. The quantitative estimate of drug-likeness (QED) is 0.743. The third kappa shape index (κ3) is 1.71. The van der Waals surface area contributed by atoms with Gasteiger partial charge in [-0.15, -0.1) is 0 Å². The Morgan fingerprint density at radius 1 is 1.20 bits per heavy atom. The predicted octanol–water partition coefficient (Wildman–Crippen LogP) is 2.95. The zero-order valence-electron chi connectivity index (χ0n) is 4.74. The number of aromatic nitrogens is 1. The van der Waals surface area contributed by atoms with Crippen LogP contribution in [0.3, 0.4) is 0 Å². The number of hydrogen-bond donors (Lipinski definition) is 1. The molecule has 0 aliphatic heterocycles. The van der Waals surface area contributed by atoms with Crippen molar-refractivity contribution < 1.29 is 0 Å². The van der Waals surface area contributed by atoms with Crippen LogP contribution in [0.15, 0.2) is 19.7 Å². The molecule has 1 heterocycles. The van der Waals surface area contributed by atoms with Crippen LogP contribution in [-0.2, 0) is 0 Å². The number of nitrogens with zero attached hydrogens (tertiary/aromatic N) is 1. The molecule has 2 N–H and O–H groups in total. The average molecular weight is 331 g/mol. The van der Waals surface area contributed by atoms with Crippen molar-refractivity contribution >= 4 is 53.5 Å². The van der Waals surface area contributed by atoms with Crippen LogP contribution in [-0.4, -0.2) is 4.98 Å². The molecule has 0 aromatic carbocycles. The molecule has 1 rings (SSSR count). The molecule has 0 saturated heterocycles. The number of hydrogen-bond acceptors (Lipinski definition) is 2. The van der Waals surface area contributed by atoms with Gasteiger partial charge in [-0.3, -0.25) is 0 Å². The van der Waals surface area contributed by atoms with Crippen molar-refractivity contribution in [3.05, 3.63) is 19.7 Å². The summed E-state index contributed by atoms with van der Waals surface area (Å²) < 4.78 is 2.25. The summed E-state index contributed by atoms with van der Waals surface area (Å²) in [7, 11) is 0. The fraction of sp³-hybridized carbons (Fsp3) is 0. The first kappa shape index (κ1) is 8.49. The maximum atomic E-state index is 5.53. The topological polar surface area (TPSA) is 38.9 Å². The molecule has 0 bridgehead atoms. The fourth-order valence-corrected chi connectivity index (χ4v) is 1.62. The maximum Gasteiger partial charge on any atom is 0.130 e. The van der Waals surface area contributed by atoms with E-state index in [0.717, 1.165) is 9.08 Å². The van der Waals surface area contributed by atoms with E-state index >= 15 is 0 Å². The Hall–Kier alpha value is 0.390. The highest BCUT2D eigenvalue weighted by Gasteiger charge is 2.01. The van der Waals surface area contributed by atoms with Crippen molar-refractivity contribution in [1.82, 2.24) is 4.98 Å². The monoisotopic (exact) mass is 328 g/mol. The Labute approximate surface area is 83.6 Å². The third-order valence-corrected chi connectivity index (χ3v) is 3.29. The summed E-state index contributed by atoms with van der Waals surface area (Å²) in [5.41, 5.74) is 6.15. The fourth-order valence-electron chi connectivity index (χ4n) is 0.460. The van der Waals surface area contributed by atoms with Gasteiger partial charge in [-0.1, -0.05) is 0 Å². The van der Waals surface area contributed by atoms with Crippen molar-refractivity contribution in [3.8, 4) is 0 Å². The molecule has 0 atom stereocenters. The SMILES string of the molecule is Nc1cc(Br)c(Br)nc1Br. The van der Waals surface area contributed by atoms with Crippen LogP contribution in [0, 0.1) is 0 Å². The molecule has 1 aromatic rings. The van der Waals surface area contributed by atoms with Gasteiger partial charge >= 0.3 is 0 Å². The van der Waals surface area contributed by atoms with E-state index in [1.165, 1.54) is 0 Å². The zero-order valence-corrected chi connectivity index (χ0v) is 9.49. The first-order chi connectivity index (χ1) is 4.61. The van der Waals surface area contributed by atoms with E-state index in [1.807, 2.05) is 0 Å². The predicted molar refractivity (Wildman–Crippen MR) is 51.7 cm³/mol. The van der Waals surface area contributed by atoms with Crippen LogP contribution in [0.25, 0.3) is 0 Å². The van der Waals surface area contributed by atoms with Crippen LogP contribution in [0.1, 0.15) is 0 Å². The Morgan fingerprint density at radius 3 is 2.30 bits per heavy atom. The van der Waals surface area contributed by atoms with Gasteiger partial charge in [0.1, 0.15) is 9.21 Å². The van der Waals surface area contributed by atoms with Crippen molar-refractivity contribution in [1.29, 1.82) is 0 Å². The van der Waals surface area contributed by atoms with Crippen molar-refractivity contribution in [2.45, 2.75) is 0 Å². The molecule has 54 valence electrons. The molecule has 0 aliphatic rings. The van der Waals surface area contributed by atoms with Gasteiger partial charge in [-0.05, 0) is 53.9 Å². The highest BCUT2D eigenvalue weighted by atomic mass is 79.9. The van der Waals surface area contributed by atoms with E-state index < -0.39 is 0 Å². The minimum Gasteiger partial charge on any atom is -0.397 e. The Morgan fingerprint density at radius 2 is 1.80 bits per heavy atom. The maximum absolute atomic E-state index is 5.53. The largest absolute Gasteiger partial charge is 0.397 e. The van der Waals surface area contributed by atoms with E-state index in [4.69, 9.17) is 5.73 Å². The molecular formula is C5H3Br3N2. The molecule has 0 fully saturated rings. The van der Waals surface area contributed by atoms with E-state index in [-0.39, 0.29) is 0 Å². The van der Waals surface area contributed by atoms with Crippen molar-refractivity contribution in [2.75, 3.05) is 5.73 Å². The van der Waals surface area contributed by atoms with E-state index in [0.29, 0.717) is 10.3 Å². The standard InChI is InChI=1S/C5H3Br3N2/c6-2-1-3(9)5(8)10-4(2)7/h1H,9H2. The van der Waals surface area contributed by atoms with Crippen LogP contribution >= 0.6 is 47.8 Å². The molecule has 5 heteroatoms. The number of nitrogens with two attached hydrogens (primary N) is 1. The summed E-state index contributed by atoms with van der Waals surface area (Å²) >= 11 is 9.70. The van der Waals surface area contributed by atoms with Crippen LogP contribution in [0.5, 0.6) is 0 Å². The summed E-state index contributed by atoms with van der Waals surface area (Å²) in [6, 6.07) is 1.78. The number of halogens is 3. The van der Waals surface area contributed by atoms with E-state index in [2.05, 4.69) is 52.8 Å². The first-order valence-corrected chi connectivity index (χ1v) is 4.76. The van der Waals surface area contributed by atoms with Gasteiger partial charge in [0.15, 0.2) is 0 Å². The van der Waals surface area contributed by atoms with Gasteiger partial charge in [0, 0.05) is 0 Å². The second-order valence-corrected chi connectivity index (χ2v) is 4.00. The molecule has 1 aromatic heterocycles. The lowest BCUT2D eigenvalue weighted by atomic mass is 10.4. The molecule has 2 nitrogen and oxygen atoms in total. The summed E-state index contributed by atoms with van der Waals surface area (Å²) in [5, 5.41) is 0. The summed E-state index contributed by atoms with van der Waals surface area (Å²) in [4.78, 5) is 4.03. The molecule has 0 radical (unpaired) electrons. The lowest BCUT2D eigenvalue weighted by Gasteiger charge is -1.98. The van der Waals surface area contributed by atoms with Gasteiger partial charge < -0.3 is 5.73 Å². The number of anilines is 1. The second-order valence-electron chi connectivity index (χ2n) is 1.64. The molecule has 0 unspecified atom stereocenters. The average Bonchev–Trinajstić information content (AvgIpc) is 1.84. The Kier molecular flexibility index (Phi) is 2.71. The van der Waals surface area contributed by atoms with Gasteiger partial charge in [-0.2, -0.15) is 0 Å². The zero-order chi connectivity index (χ0) is 7.72. The van der Waals surface area contributed by atoms with Gasteiger partial charge in [0.05, 0.1) is 10.2 Å². The molecule has 0 saturated carbocycles. The van der Waals surface area contributed by atoms with Gasteiger partial charge in [0.2, 0.25) is 0 Å². The number of nitrogen functional groups attached to an aromatic ring is 1. The normalized spacial score (nSPS) is 9.90. The smallest absolute Gasteiger partial charge is 0.130 e. The van der Waals surface area contributed by atoms with Crippen LogP contribution in [0.4, 0.5) is 5.69 Å². The summed E-state index contributed by atoms with van der Waals surface area (Å²) in [6.45, 7) is 0. The Balaban J connectivity index is 3.28. The highest BCUT2D eigenvalue weighted by molar-refractivity contribution is 9.13. The number of pyridine rings is 1. The summed E-state index contributed by atoms with van der Waals surface area (Å²) in [5.74, 6) is 0. The first-order valence-electron chi connectivity index (χ1n) is 2.38. The summed E-state index contributed by atoms with van der Waals surface area (Å²) in [6.07, 6.45) is 0. The van der Waals surface area contributed by atoms with E-state index in [9.17, 15) is 0 Å². The second kappa shape index (κ2) is 3.19. The van der Waals surface area contributed by atoms with Crippen LogP contribution < -0.4 is 5.73 Å². The lowest BCUT2D eigenvalue weighted by molar-refractivity contribution is 1.22. The van der Waals surface area contributed by atoms with E-state index in [1.54, 1.807) is 6.07 Å². The number of rotatable bonds is 0. The minimum absolute atomic E-state index is 0.620. The van der Waals surface area contributed by atoms with Gasteiger partial charge in [0.25, 0.3) is 0 Å². The third-order valence-electron chi connectivity index (χ3n) is 0.914. The molecule has 0 amide bonds. The molecule has 0 spiro atoms. The molecule has 10 heavy (non-hydrogen) atoms. The highest BCUT2D eigenvalue weighted by Crippen LogP contribution is 2.27. The van der Waals surface area contributed by atoms with Crippen molar-refractivity contribution in [3.63, 3.8) is 0 Å². The van der Waals surface area contributed by atoms with Gasteiger partial charge in [-0.25, -0.2) is 4.98 Å². The van der Waals surface area contributed by atoms with Crippen molar-refractivity contribution in [2.24, 2.45) is 0 Å². The molecule has 0 aliphatic carbocycles.